The highest BCUT2D eigenvalue weighted by Gasteiger charge is 2.44. The highest BCUT2D eigenvalue weighted by atomic mass is 16.2. The van der Waals surface area contributed by atoms with Crippen LogP contribution in [0, 0.1) is 22.7 Å². The Morgan fingerprint density at radius 2 is 2.35 bits per heavy atom. The number of hydrogen-bond donors (Lipinski definition) is 2. The van der Waals surface area contributed by atoms with Crippen LogP contribution in [0.3, 0.4) is 0 Å². The summed E-state index contributed by atoms with van der Waals surface area (Å²) in [5.41, 5.74) is 7.92. The maximum atomic E-state index is 10.6. The van der Waals surface area contributed by atoms with Crippen molar-refractivity contribution in [1.29, 1.82) is 5.26 Å². The molecule has 0 bridgehead atoms. The predicted octanol–water partition coefficient (Wildman–Crippen LogP) is 1.89. The standard InChI is InChI=1S/C12H18N4O/c13-8-12-6-2-1-3-9(12)4-5-10(7-12)15-16-11(14)17/h9H,1-7H2,(H3,14,16,17)/b15-10-/t9-,12+/m0/s1. The van der Waals surface area contributed by atoms with Gasteiger partial charge in [0.15, 0.2) is 0 Å². The van der Waals surface area contributed by atoms with Gasteiger partial charge >= 0.3 is 6.03 Å². The summed E-state index contributed by atoms with van der Waals surface area (Å²) >= 11 is 0. The summed E-state index contributed by atoms with van der Waals surface area (Å²) < 4.78 is 0. The number of nitrogens with two attached hydrogens (primary N) is 1. The molecule has 0 spiro atoms. The van der Waals surface area contributed by atoms with Gasteiger partial charge in [-0.1, -0.05) is 12.8 Å². The van der Waals surface area contributed by atoms with Gasteiger partial charge < -0.3 is 5.73 Å². The molecular formula is C12H18N4O. The number of nitrogens with one attached hydrogen (secondary N) is 1. The van der Waals surface area contributed by atoms with E-state index in [9.17, 15) is 10.1 Å². The van der Waals surface area contributed by atoms with Crippen molar-refractivity contribution in [3.05, 3.63) is 0 Å². The van der Waals surface area contributed by atoms with Crippen LogP contribution in [-0.2, 0) is 0 Å². The lowest BCUT2D eigenvalue weighted by Gasteiger charge is -2.42. The molecule has 5 nitrogen and oxygen atoms in total. The Balaban J connectivity index is 2.11. The number of carbonyl (C=O) groups is 1. The van der Waals surface area contributed by atoms with E-state index in [1.54, 1.807) is 0 Å². The van der Waals surface area contributed by atoms with Crippen molar-refractivity contribution in [1.82, 2.24) is 5.43 Å². The number of rotatable bonds is 1. The van der Waals surface area contributed by atoms with Crippen LogP contribution in [0.15, 0.2) is 5.10 Å². The Kier molecular flexibility index (Phi) is 3.32. The second-order valence-electron chi connectivity index (χ2n) is 5.08. The minimum Gasteiger partial charge on any atom is -0.350 e. The fourth-order valence-electron chi connectivity index (χ4n) is 3.17. The van der Waals surface area contributed by atoms with Gasteiger partial charge in [-0.15, -0.1) is 0 Å². The Bertz CT molecular complexity index is 384. The van der Waals surface area contributed by atoms with E-state index in [1.807, 2.05) is 0 Å². The molecule has 17 heavy (non-hydrogen) atoms. The van der Waals surface area contributed by atoms with Crippen LogP contribution in [0.4, 0.5) is 4.79 Å². The van der Waals surface area contributed by atoms with Crippen molar-refractivity contribution >= 4 is 11.7 Å². The number of carbonyl (C=O) groups excluding carboxylic acids is 1. The molecule has 2 saturated carbocycles. The van der Waals surface area contributed by atoms with E-state index in [0.29, 0.717) is 12.3 Å². The van der Waals surface area contributed by atoms with Crippen molar-refractivity contribution in [3.63, 3.8) is 0 Å². The van der Waals surface area contributed by atoms with Gasteiger partial charge in [-0.25, -0.2) is 10.2 Å². The summed E-state index contributed by atoms with van der Waals surface area (Å²) in [7, 11) is 0. The molecule has 2 amide bonds. The number of primary amides is 1. The van der Waals surface area contributed by atoms with Gasteiger partial charge in [-0.05, 0) is 31.6 Å². The summed E-state index contributed by atoms with van der Waals surface area (Å²) in [5, 5.41) is 13.5. The first-order valence-electron chi connectivity index (χ1n) is 6.18. The summed E-state index contributed by atoms with van der Waals surface area (Å²) in [5.74, 6) is 0.508. The predicted molar refractivity (Wildman–Crippen MR) is 64.0 cm³/mol. The van der Waals surface area contributed by atoms with Gasteiger partial charge in [-0.3, -0.25) is 0 Å². The molecule has 2 atom stereocenters. The lowest BCUT2D eigenvalue weighted by Crippen LogP contribution is -2.39. The lowest BCUT2D eigenvalue weighted by molar-refractivity contribution is 0.144. The molecule has 0 unspecified atom stereocenters. The SMILES string of the molecule is N#C[C@]12CCCC[C@H]1CC/C(=N/NC(N)=O)C2. The molecule has 0 heterocycles. The van der Waals surface area contributed by atoms with Crippen LogP contribution in [0.2, 0.25) is 0 Å². The second kappa shape index (κ2) is 4.74. The van der Waals surface area contributed by atoms with Crippen molar-refractivity contribution in [3.8, 4) is 6.07 Å². The third kappa shape index (κ3) is 2.41. The normalized spacial score (nSPS) is 34.8. The van der Waals surface area contributed by atoms with Crippen LogP contribution in [0.5, 0.6) is 0 Å². The summed E-state index contributed by atoms with van der Waals surface area (Å²) in [6, 6.07) is 1.87. The van der Waals surface area contributed by atoms with E-state index in [1.165, 1.54) is 6.42 Å². The van der Waals surface area contributed by atoms with Gasteiger partial charge in [-0.2, -0.15) is 10.4 Å². The van der Waals surface area contributed by atoms with Gasteiger partial charge in [0.25, 0.3) is 0 Å². The average molecular weight is 234 g/mol. The summed E-state index contributed by atoms with van der Waals surface area (Å²) in [4.78, 5) is 10.6. The molecule has 0 radical (unpaired) electrons. The van der Waals surface area contributed by atoms with E-state index < -0.39 is 6.03 Å². The van der Waals surface area contributed by atoms with Crippen molar-refractivity contribution in [2.75, 3.05) is 0 Å². The average Bonchev–Trinajstić information content (AvgIpc) is 2.36. The number of amides is 2. The third-order valence-electron chi connectivity index (χ3n) is 4.05. The number of nitriles is 1. The molecule has 0 aliphatic heterocycles. The quantitative estimate of drug-likeness (QED) is 0.678. The van der Waals surface area contributed by atoms with Crippen LogP contribution < -0.4 is 11.2 Å². The number of nitrogens with zero attached hydrogens (tertiary/aromatic N) is 2. The Morgan fingerprint density at radius 1 is 1.53 bits per heavy atom. The topological polar surface area (TPSA) is 91.3 Å². The maximum absolute atomic E-state index is 10.6. The van der Waals surface area contributed by atoms with Crippen LogP contribution >= 0.6 is 0 Å². The number of urea groups is 1. The molecule has 0 aromatic carbocycles. The summed E-state index contributed by atoms with van der Waals surface area (Å²) in [6.45, 7) is 0. The zero-order chi connectivity index (χ0) is 12.3. The molecule has 2 aliphatic carbocycles. The highest BCUT2D eigenvalue weighted by Crippen LogP contribution is 2.49. The number of fused-ring (bicyclic) bond motifs is 1. The van der Waals surface area contributed by atoms with Crippen LogP contribution in [0.25, 0.3) is 0 Å². The smallest absolute Gasteiger partial charge is 0.332 e. The first-order chi connectivity index (χ1) is 8.16. The first kappa shape index (κ1) is 11.9. The zero-order valence-electron chi connectivity index (χ0n) is 9.91. The lowest BCUT2D eigenvalue weighted by atomic mass is 9.60. The zero-order valence-corrected chi connectivity index (χ0v) is 9.91. The minimum absolute atomic E-state index is 0.241. The van der Waals surface area contributed by atoms with Gasteiger partial charge in [0.1, 0.15) is 0 Å². The van der Waals surface area contributed by atoms with Crippen molar-refractivity contribution in [2.24, 2.45) is 22.2 Å². The van der Waals surface area contributed by atoms with Gasteiger partial charge in [0.2, 0.25) is 0 Å². The molecule has 0 aromatic rings. The van der Waals surface area contributed by atoms with Crippen molar-refractivity contribution < 1.29 is 4.79 Å². The second-order valence-corrected chi connectivity index (χ2v) is 5.08. The third-order valence-corrected chi connectivity index (χ3v) is 4.05. The van der Waals surface area contributed by atoms with Gasteiger partial charge in [0, 0.05) is 12.1 Å². The van der Waals surface area contributed by atoms with Crippen molar-refractivity contribution in [2.45, 2.75) is 44.9 Å². The fraction of sp³-hybridized carbons (Fsp3) is 0.750. The highest BCUT2D eigenvalue weighted by molar-refractivity contribution is 5.87. The molecule has 5 heteroatoms. The van der Waals surface area contributed by atoms with E-state index in [0.717, 1.165) is 37.8 Å². The minimum atomic E-state index is -0.644. The molecule has 2 aliphatic rings. The van der Waals surface area contributed by atoms with Crippen LogP contribution in [-0.4, -0.2) is 11.7 Å². The first-order valence-corrected chi connectivity index (χ1v) is 6.18. The molecule has 92 valence electrons. The largest absolute Gasteiger partial charge is 0.350 e. The monoisotopic (exact) mass is 234 g/mol. The Hall–Kier alpha value is -1.57. The van der Waals surface area contributed by atoms with Crippen LogP contribution in [0.1, 0.15) is 44.9 Å². The van der Waals surface area contributed by atoms with E-state index in [2.05, 4.69) is 16.6 Å². The molecule has 0 saturated heterocycles. The van der Waals surface area contributed by atoms with E-state index >= 15 is 0 Å². The molecule has 0 aromatic heterocycles. The molecule has 2 rings (SSSR count). The maximum Gasteiger partial charge on any atom is 0.332 e. The number of hydrogen-bond acceptors (Lipinski definition) is 3. The van der Waals surface area contributed by atoms with Gasteiger partial charge in [0.05, 0.1) is 11.5 Å². The molecule has 2 fully saturated rings. The van der Waals surface area contributed by atoms with E-state index in [4.69, 9.17) is 5.73 Å². The fourth-order valence-corrected chi connectivity index (χ4v) is 3.17. The molecule has 3 N–H and O–H groups in total. The Labute approximate surface area is 101 Å². The Morgan fingerprint density at radius 3 is 3.06 bits per heavy atom. The van der Waals surface area contributed by atoms with E-state index in [-0.39, 0.29) is 5.41 Å². The number of hydrazone groups is 1. The molecular weight excluding hydrogens is 216 g/mol. The summed E-state index contributed by atoms with van der Waals surface area (Å²) in [6.07, 6.45) is 7.05.